The van der Waals surface area contributed by atoms with Gasteiger partial charge < -0.3 is 5.11 Å². The van der Waals surface area contributed by atoms with E-state index >= 15 is 0 Å². The molecule has 0 atom stereocenters. The summed E-state index contributed by atoms with van der Waals surface area (Å²) in [6.07, 6.45) is 0. The molecule has 0 heterocycles. The van der Waals surface area contributed by atoms with Crippen molar-refractivity contribution >= 4 is 17.3 Å². The fourth-order valence-corrected chi connectivity index (χ4v) is 0.757. The minimum absolute atomic E-state index is 0.428. The molecule has 0 fully saturated rings. The first-order chi connectivity index (χ1) is 5.37. The number of carbonyl (C=O) groups excluding carboxylic acids is 3. The van der Waals surface area contributed by atoms with Crippen molar-refractivity contribution in [2.24, 2.45) is 0 Å². The molecule has 1 N–H and O–H groups in total. The van der Waals surface area contributed by atoms with Gasteiger partial charge in [0.1, 0.15) is 5.57 Å². The predicted molar refractivity (Wildman–Crippen MR) is 41.7 cm³/mol. The second-order valence-corrected chi connectivity index (χ2v) is 2.39. The van der Waals surface area contributed by atoms with Crippen LogP contribution in [0, 0.1) is 0 Å². The number of aliphatic hydroxyl groups is 1. The minimum Gasteiger partial charge on any atom is -0.504 e. The van der Waals surface area contributed by atoms with Crippen molar-refractivity contribution in [3.8, 4) is 0 Å². The fraction of sp³-hybridized carbons (Fsp3) is 0.375. The van der Waals surface area contributed by atoms with Gasteiger partial charge in [0, 0.05) is 6.92 Å². The Morgan fingerprint density at radius 3 is 1.25 bits per heavy atom. The molecule has 0 bridgehead atoms. The van der Waals surface area contributed by atoms with E-state index in [1.165, 1.54) is 0 Å². The smallest absolute Gasteiger partial charge is 0.194 e. The van der Waals surface area contributed by atoms with Gasteiger partial charge in [-0.2, -0.15) is 0 Å². The highest BCUT2D eigenvalue weighted by Crippen LogP contribution is 2.05. The largest absolute Gasteiger partial charge is 0.504 e. The number of hydrogen-bond donors (Lipinski definition) is 1. The number of aliphatic hydroxyl groups excluding tert-OH is 1. The zero-order valence-electron chi connectivity index (χ0n) is 7.17. The summed E-state index contributed by atoms with van der Waals surface area (Å²) in [5.41, 5.74) is -0.428. The van der Waals surface area contributed by atoms with Crippen molar-refractivity contribution < 1.29 is 19.5 Å². The number of ketones is 3. The van der Waals surface area contributed by atoms with E-state index in [0.717, 1.165) is 20.8 Å². The third-order valence-electron chi connectivity index (χ3n) is 1.27. The van der Waals surface area contributed by atoms with Crippen LogP contribution in [-0.4, -0.2) is 22.5 Å². The first-order valence-electron chi connectivity index (χ1n) is 3.34. The van der Waals surface area contributed by atoms with Crippen molar-refractivity contribution in [3.63, 3.8) is 0 Å². The topological polar surface area (TPSA) is 71.4 Å². The summed E-state index contributed by atoms with van der Waals surface area (Å²) in [5.74, 6) is -2.64. The lowest BCUT2D eigenvalue weighted by atomic mass is 10.1. The van der Waals surface area contributed by atoms with Crippen LogP contribution in [0.3, 0.4) is 0 Å². The molecule has 0 amide bonds. The van der Waals surface area contributed by atoms with Gasteiger partial charge in [0.25, 0.3) is 0 Å². The predicted octanol–water partition coefficient (Wildman–Crippen LogP) is 0.566. The molecule has 0 unspecified atom stereocenters. The van der Waals surface area contributed by atoms with Gasteiger partial charge in [0.15, 0.2) is 23.1 Å². The molecule has 12 heavy (non-hydrogen) atoms. The SMILES string of the molecule is CC(=O)C(O)=C(C(C)=O)C(C)=O. The van der Waals surface area contributed by atoms with E-state index in [4.69, 9.17) is 5.11 Å². The minimum atomic E-state index is -0.755. The Labute approximate surface area is 69.9 Å². The number of Topliss-reactive ketones (excluding diaryl/α,β-unsaturated/α-hetero) is 3. The Morgan fingerprint density at radius 2 is 1.17 bits per heavy atom. The van der Waals surface area contributed by atoms with Crippen LogP contribution < -0.4 is 0 Å². The van der Waals surface area contributed by atoms with Gasteiger partial charge in [-0.05, 0) is 13.8 Å². The Bertz CT molecular complexity index is 257. The molecule has 0 aromatic heterocycles. The molecule has 4 heteroatoms. The van der Waals surface area contributed by atoms with Gasteiger partial charge in [-0.1, -0.05) is 0 Å². The summed E-state index contributed by atoms with van der Waals surface area (Å²) in [6.45, 7) is 3.33. The van der Waals surface area contributed by atoms with E-state index in [2.05, 4.69) is 0 Å². The van der Waals surface area contributed by atoms with E-state index in [0.29, 0.717) is 0 Å². The highest BCUT2D eigenvalue weighted by atomic mass is 16.3. The maximum atomic E-state index is 10.7. The lowest BCUT2D eigenvalue weighted by Gasteiger charge is -1.99. The zero-order chi connectivity index (χ0) is 9.89. The molecule has 66 valence electrons. The summed E-state index contributed by atoms with van der Waals surface area (Å²) in [7, 11) is 0. The third-order valence-corrected chi connectivity index (χ3v) is 1.27. The van der Waals surface area contributed by atoms with Gasteiger partial charge in [-0.25, -0.2) is 0 Å². The summed E-state index contributed by atoms with van der Waals surface area (Å²) in [4.78, 5) is 32.1. The number of hydrogen-bond acceptors (Lipinski definition) is 4. The summed E-state index contributed by atoms with van der Waals surface area (Å²) < 4.78 is 0. The van der Waals surface area contributed by atoms with Gasteiger partial charge in [0.05, 0.1) is 0 Å². The highest BCUT2D eigenvalue weighted by Gasteiger charge is 2.18. The van der Waals surface area contributed by atoms with Crippen LogP contribution in [-0.2, 0) is 14.4 Å². The lowest BCUT2D eigenvalue weighted by Crippen LogP contribution is -2.13. The Balaban J connectivity index is 5.23. The van der Waals surface area contributed by atoms with E-state index in [1.54, 1.807) is 0 Å². The van der Waals surface area contributed by atoms with Gasteiger partial charge >= 0.3 is 0 Å². The highest BCUT2D eigenvalue weighted by molar-refractivity contribution is 6.22. The van der Waals surface area contributed by atoms with Crippen LogP contribution in [0.15, 0.2) is 11.3 Å². The van der Waals surface area contributed by atoms with Crippen LogP contribution in [0.25, 0.3) is 0 Å². The maximum Gasteiger partial charge on any atom is 0.194 e. The molecule has 0 saturated heterocycles. The van der Waals surface area contributed by atoms with E-state index in [1.807, 2.05) is 0 Å². The van der Waals surface area contributed by atoms with E-state index in [9.17, 15) is 14.4 Å². The number of carbonyl (C=O) groups is 3. The molecule has 0 aliphatic heterocycles. The van der Waals surface area contributed by atoms with Gasteiger partial charge in [-0.3, -0.25) is 14.4 Å². The second kappa shape index (κ2) is 3.80. The van der Waals surface area contributed by atoms with Crippen molar-refractivity contribution in [3.05, 3.63) is 11.3 Å². The first kappa shape index (κ1) is 10.6. The van der Waals surface area contributed by atoms with Crippen LogP contribution in [0.5, 0.6) is 0 Å². The van der Waals surface area contributed by atoms with Crippen molar-refractivity contribution in [2.75, 3.05) is 0 Å². The Hall–Kier alpha value is -1.45. The second-order valence-electron chi connectivity index (χ2n) is 2.39. The molecule has 0 spiro atoms. The molecule has 0 radical (unpaired) electrons. The van der Waals surface area contributed by atoms with Crippen LogP contribution >= 0.6 is 0 Å². The summed E-state index contributed by atoms with van der Waals surface area (Å²) >= 11 is 0. The molecule has 0 aliphatic carbocycles. The van der Waals surface area contributed by atoms with Crippen molar-refractivity contribution in [2.45, 2.75) is 20.8 Å². The summed E-state index contributed by atoms with van der Waals surface area (Å²) in [6, 6.07) is 0. The zero-order valence-corrected chi connectivity index (χ0v) is 7.17. The van der Waals surface area contributed by atoms with E-state index in [-0.39, 0.29) is 0 Å². The molecule has 0 aromatic rings. The molecule has 0 saturated carbocycles. The standard InChI is InChI=1S/C8H10O4/c1-4(9)7(5(2)10)8(12)6(3)11/h12H,1-3H3. The molecular formula is C8H10O4. The van der Waals surface area contributed by atoms with Crippen LogP contribution in [0.4, 0.5) is 0 Å². The normalized spacial score (nSPS) is 8.92. The van der Waals surface area contributed by atoms with Crippen LogP contribution in [0.2, 0.25) is 0 Å². The molecular weight excluding hydrogens is 160 g/mol. The van der Waals surface area contributed by atoms with E-state index < -0.39 is 28.7 Å². The monoisotopic (exact) mass is 170 g/mol. The Kier molecular flexibility index (Phi) is 3.34. The third kappa shape index (κ3) is 2.30. The lowest BCUT2D eigenvalue weighted by molar-refractivity contribution is -0.122. The number of allylic oxidation sites excluding steroid dienone is 2. The van der Waals surface area contributed by atoms with Crippen molar-refractivity contribution in [1.82, 2.24) is 0 Å². The fourth-order valence-electron chi connectivity index (χ4n) is 0.757. The van der Waals surface area contributed by atoms with Gasteiger partial charge in [-0.15, -0.1) is 0 Å². The number of rotatable bonds is 3. The quantitative estimate of drug-likeness (QED) is 0.291. The van der Waals surface area contributed by atoms with Crippen LogP contribution in [0.1, 0.15) is 20.8 Å². The van der Waals surface area contributed by atoms with Crippen molar-refractivity contribution in [1.29, 1.82) is 0 Å². The summed E-state index contributed by atoms with van der Waals surface area (Å²) in [5, 5.41) is 9.02. The Morgan fingerprint density at radius 1 is 0.833 bits per heavy atom. The maximum absolute atomic E-state index is 10.7. The average Bonchev–Trinajstić information content (AvgIpc) is 1.85. The molecule has 4 nitrogen and oxygen atoms in total. The first-order valence-corrected chi connectivity index (χ1v) is 3.34. The molecule has 0 rings (SSSR count). The average molecular weight is 170 g/mol. The van der Waals surface area contributed by atoms with Gasteiger partial charge in [0.2, 0.25) is 0 Å². The molecule has 0 aliphatic rings. The molecule has 0 aromatic carbocycles.